The van der Waals surface area contributed by atoms with Crippen LogP contribution < -0.4 is 5.32 Å². The molecule has 4 rings (SSSR count). The van der Waals surface area contributed by atoms with E-state index in [9.17, 15) is 14.4 Å². The van der Waals surface area contributed by atoms with Crippen LogP contribution in [0.3, 0.4) is 0 Å². The van der Waals surface area contributed by atoms with E-state index in [1.54, 1.807) is 36.5 Å². The third-order valence-corrected chi connectivity index (χ3v) is 6.15. The highest BCUT2D eigenvalue weighted by Gasteiger charge is 2.36. The van der Waals surface area contributed by atoms with Gasteiger partial charge in [0.15, 0.2) is 5.13 Å². The third-order valence-electron chi connectivity index (χ3n) is 4.38. The quantitative estimate of drug-likeness (QED) is 0.594. The molecule has 6 nitrogen and oxygen atoms in total. The molecular formula is C20H13Cl2N3O3S. The zero-order chi connectivity index (χ0) is 20.5. The summed E-state index contributed by atoms with van der Waals surface area (Å²) in [6.45, 7) is -0.374. The molecule has 0 saturated carbocycles. The summed E-state index contributed by atoms with van der Waals surface area (Å²) in [6.07, 6.45) is 2.16. The largest absolute Gasteiger partial charge is 0.300 e. The van der Waals surface area contributed by atoms with E-state index >= 15 is 0 Å². The number of imide groups is 1. The van der Waals surface area contributed by atoms with E-state index in [4.69, 9.17) is 23.2 Å². The molecule has 1 aromatic heterocycles. The van der Waals surface area contributed by atoms with Crippen LogP contribution in [0.1, 0.15) is 31.2 Å². The number of halogens is 2. The first-order valence-electron chi connectivity index (χ1n) is 8.56. The Hall–Kier alpha value is -2.74. The Morgan fingerprint density at radius 1 is 1.03 bits per heavy atom. The summed E-state index contributed by atoms with van der Waals surface area (Å²) in [5, 5.41) is 3.97. The summed E-state index contributed by atoms with van der Waals surface area (Å²) >= 11 is 13.5. The molecule has 0 fully saturated rings. The van der Waals surface area contributed by atoms with E-state index in [1.807, 2.05) is 12.1 Å². The van der Waals surface area contributed by atoms with Gasteiger partial charge in [-0.3, -0.25) is 19.3 Å². The normalized spacial score (nSPS) is 13.0. The van der Waals surface area contributed by atoms with Gasteiger partial charge in [-0.05, 0) is 23.8 Å². The molecule has 0 aliphatic carbocycles. The number of amides is 3. The zero-order valence-corrected chi connectivity index (χ0v) is 17.1. The van der Waals surface area contributed by atoms with E-state index in [-0.39, 0.29) is 6.54 Å². The minimum absolute atomic E-state index is 0.306. The molecular weight excluding hydrogens is 433 g/mol. The molecule has 0 bridgehead atoms. The van der Waals surface area contributed by atoms with Gasteiger partial charge in [0, 0.05) is 17.5 Å². The van der Waals surface area contributed by atoms with Gasteiger partial charge < -0.3 is 5.32 Å². The average Bonchev–Trinajstić information content (AvgIpc) is 3.24. The lowest BCUT2D eigenvalue weighted by Crippen LogP contribution is -2.37. The number of hydrogen-bond donors (Lipinski definition) is 1. The number of rotatable bonds is 5. The molecule has 1 aliphatic rings. The lowest BCUT2D eigenvalue weighted by Gasteiger charge is -2.12. The molecule has 1 aliphatic heterocycles. The van der Waals surface area contributed by atoms with Crippen molar-refractivity contribution in [1.82, 2.24) is 9.88 Å². The minimum Gasteiger partial charge on any atom is -0.300 e. The fourth-order valence-electron chi connectivity index (χ4n) is 3.00. The summed E-state index contributed by atoms with van der Waals surface area (Å²) < 4.78 is 0. The molecule has 0 spiro atoms. The Balaban J connectivity index is 1.41. The van der Waals surface area contributed by atoms with Crippen molar-refractivity contribution >= 4 is 57.4 Å². The maximum Gasteiger partial charge on any atom is 0.262 e. The van der Waals surface area contributed by atoms with Crippen molar-refractivity contribution in [2.24, 2.45) is 0 Å². The maximum atomic E-state index is 12.4. The van der Waals surface area contributed by atoms with Gasteiger partial charge >= 0.3 is 0 Å². The number of thiazole rings is 1. The van der Waals surface area contributed by atoms with Crippen LogP contribution >= 0.6 is 34.5 Å². The molecule has 3 amide bonds. The fraction of sp³-hybridized carbons (Fsp3) is 0.100. The fourth-order valence-corrected chi connectivity index (χ4v) is 4.24. The smallest absolute Gasteiger partial charge is 0.262 e. The van der Waals surface area contributed by atoms with Crippen molar-refractivity contribution in [1.29, 1.82) is 0 Å². The molecule has 0 radical (unpaired) electrons. The highest BCUT2D eigenvalue weighted by atomic mass is 35.5. The number of aromatic nitrogens is 1. The highest BCUT2D eigenvalue weighted by molar-refractivity contribution is 7.15. The number of carbonyl (C=O) groups excluding carboxylic acids is 3. The van der Waals surface area contributed by atoms with E-state index in [2.05, 4.69) is 10.3 Å². The predicted molar refractivity (Wildman–Crippen MR) is 112 cm³/mol. The summed E-state index contributed by atoms with van der Waals surface area (Å²) in [7, 11) is 0. The first-order valence-corrected chi connectivity index (χ1v) is 10.1. The van der Waals surface area contributed by atoms with E-state index in [0.29, 0.717) is 32.7 Å². The van der Waals surface area contributed by atoms with Gasteiger partial charge in [0.2, 0.25) is 5.91 Å². The van der Waals surface area contributed by atoms with Gasteiger partial charge in [-0.1, -0.05) is 47.5 Å². The first-order chi connectivity index (χ1) is 13.9. The van der Waals surface area contributed by atoms with Crippen LogP contribution in [0.4, 0.5) is 5.13 Å². The Bertz CT molecular complexity index is 1110. The second-order valence-electron chi connectivity index (χ2n) is 6.31. The van der Waals surface area contributed by atoms with Gasteiger partial charge in [-0.25, -0.2) is 4.98 Å². The molecule has 1 N–H and O–H groups in total. The van der Waals surface area contributed by atoms with Crippen molar-refractivity contribution in [3.05, 3.63) is 80.3 Å². The topological polar surface area (TPSA) is 79.4 Å². The van der Waals surface area contributed by atoms with Gasteiger partial charge in [0.1, 0.15) is 6.54 Å². The van der Waals surface area contributed by atoms with Crippen LogP contribution in [0.15, 0.2) is 48.7 Å². The molecule has 0 saturated heterocycles. The summed E-state index contributed by atoms with van der Waals surface area (Å²) in [4.78, 5) is 43.0. The minimum atomic E-state index is -0.499. The molecule has 0 atom stereocenters. The summed E-state index contributed by atoms with van der Waals surface area (Å²) in [5.41, 5.74) is 1.46. The SMILES string of the molecule is O=C(CN1C(=O)c2ccccc2C1=O)Nc1ncc(Cc2cccc(Cl)c2Cl)s1. The van der Waals surface area contributed by atoms with Crippen LogP contribution in [0, 0.1) is 0 Å². The zero-order valence-electron chi connectivity index (χ0n) is 14.8. The molecule has 3 aromatic rings. The van der Waals surface area contributed by atoms with Crippen molar-refractivity contribution in [2.45, 2.75) is 6.42 Å². The van der Waals surface area contributed by atoms with Crippen molar-refractivity contribution in [3.8, 4) is 0 Å². The highest BCUT2D eigenvalue weighted by Crippen LogP contribution is 2.29. The molecule has 2 aromatic carbocycles. The molecule has 9 heteroatoms. The maximum absolute atomic E-state index is 12.4. The predicted octanol–water partition coefficient (Wildman–Crippen LogP) is 4.28. The standard InChI is InChI=1S/C20H13Cl2N3O3S/c21-15-7-3-4-11(17(15)22)8-12-9-23-20(29-12)24-16(26)10-25-18(27)13-5-1-2-6-14(13)19(25)28/h1-7,9H,8,10H2,(H,23,24,26). The summed E-state index contributed by atoms with van der Waals surface area (Å²) in [6, 6.07) is 11.9. The number of benzene rings is 2. The van der Waals surface area contributed by atoms with Crippen LogP contribution in [0.5, 0.6) is 0 Å². The molecule has 29 heavy (non-hydrogen) atoms. The van der Waals surface area contributed by atoms with Crippen molar-refractivity contribution in [2.75, 3.05) is 11.9 Å². The van der Waals surface area contributed by atoms with Gasteiger partial charge in [0.05, 0.1) is 21.2 Å². The first kappa shape index (κ1) is 19.6. The number of hydrogen-bond acceptors (Lipinski definition) is 5. The molecule has 0 unspecified atom stereocenters. The number of nitrogens with zero attached hydrogens (tertiary/aromatic N) is 2. The Morgan fingerprint density at radius 2 is 1.72 bits per heavy atom. The van der Waals surface area contributed by atoms with Crippen molar-refractivity contribution in [3.63, 3.8) is 0 Å². The lowest BCUT2D eigenvalue weighted by molar-refractivity contribution is -0.116. The monoisotopic (exact) mass is 445 g/mol. The van der Waals surface area contributed by atoms with E-state index in [0.717, 1.165) is 15.3 Å². The Labute approximate surface area is 180 Å². The second kappa shape index (κ2) is 7.94. The van der Waals surface area contributed by atoms with Gasteiger partial charge in [-0.15, -0.1) is 11.3 Å². The van der Waals surface area contributed by atoms with Crippen LogP contribution in [-0.2, 0) is 11.2 Å². The number of fused-ring (bicyclic) bond motifs is 1. The van der Waals surface area contributed by atoms with Gasteiger partial charge in [0.25, 0.3) is 11.8 Å². The van der Waals surface area contributed by atoms with E-state index < -0.39 is 17.7 Å². The molecule has 146 valence electrons. The molecule has 2 heterocycles. The number of nitrogens with one attached hydrogen (secondary N) is 1. The average molecular weight is 446 g/mol. The van der Waals surface area contributed by atoms with Crippen LogP contribution in [0.2, 0.25) is 10.0 Å². The lowest BCUT2D eigenvalue weighted by atomic mass is 10.1. The second-order valence-corrected chi connectivity index (χ2v) is 8.21. The number of anilines is 1. The number of carbonyl (C=O) groups is 3. The Morgan fingerprint density at radius 3 is 2.41 bits per heavy atom. The van der Waals surface area contributed by atoms with E-state index in [1.165, 1.54) is 11.3 Å². The van der Waals surface area contributed by atoms with Crippen LogP contribution in [0.25, 0.3) is 0 Å². The van der Waals surface area contributed by atoms with Gasteiger partial charge in [-0.2, -0.15) is 0 Å². The summed E-state index contributed by atoms with van der Waals surface area (Å²) in [5.74, 6) is -1.45. The van der Waals surface area contributed by atoms with Crippen molar-refractivity contribution < 1.29 is 14.4 Å². The van der Waals surface area contributed by atoms with Crippen LogP contribution in [-0.4, -0.2) is 34.2 Å². The third kappa shape index (κ3) is 3.89. The Kier molecular flexibility index (Phi) is 5.36.